The number of hydrogen-bond acceptors (Lipinski definition) is 4. The molecule has 4 nitrogen and oxygen atoms in total. The zero-order chi connectivity index (χ0) is 12.7. The van der Waals surface area contributed by atoms with Gasteiger partial charge in [-0.05, 0) is 32.0 Å². The zero-order valence-electron chi connectivity index (χ0n) is 9.69. The summed E-state index contributed by atoms with van der Waals surface area (Å²) in [5, 5.41) is 0. The molecule has 1 rings (SSSR count). The van der Waals surface area contributed by atoms with E-state index in [1.165, 1.54) is 11.3 Å². The fraction of sp³-hybridized carbons (Fsp3) is 0.455. The van der Waals surface area contributed by atoms with Crippen LogP contribution in [0, 0.1) is 11.8 Å². The van der Waals surface area contributed by atoms with E-state index in [1.54, 1.807) is 19.1 Å². The number of sulfonamides is 1. The largest absolute Gasteiger partial charge is 0.330 e. The summed E-state index contributed by atoms with van der Waals surface area (Å²) in [5.41, 5.74) is 5.42. The van der Waals surface area contributed by atoms with Crippen LogP contribution in [0.5, 0.6) is 0 Å². The predicted molar refractivity (Wildman–Crippen MR) is 70.3 cm³/mol. The van der Waals surface area contributed by atoms with E-state index >= 15 is 0 Å². The van der Waals surface area contributed by atoms with Crippen LogP contribution >= 0.6 is 11.3 Å². The molecule has 0 spiro atoms. The molecule has 1 aromatic heterocycles. The Labute approximate surface area is 106 Å². The van der Waals surface area contributed by atoms with Gasteiger partial charge in [-0.2, -0.15) is 0 Å². The van der Waals surface area contributed by atoms with Crippen molar-refractivity contribution in [2.24, 2.45) is 5.73 Å². The molecular formula is C11H16N2O2S2. The summed E-state index contributed by atoms with van der Waals surface area (Å²) in [7, 11) is -3.38. The molecule has 0 atom stereocenters. The third-order valence-corrected chi connectivity index (χ3v) is 5.11. The molecule has 17 heavy (non-hydrogen) atoms. The standard InChI is InChI=1S/C11H16N2O2S2/c1-2-3-4-9-13-17(14,15)11-6-5-10(16-11)7-8-12/h5-6,13H,4,7-9,12H2,1H3. The Balaban J connectivity index is 2.64. The maximum absolute atomic E-state index is 11.8. The van der Waals surface area contributed by atoms with Gasteiger partial charge in [0.2, 0.25) is 10.0 Å². The van der Waals surface area contributed by atoms with Crippen LogP contribution in [0.25, 0.3) is 0 Å². The molecule has 0 fully saturated rings. The van der Waals surface area contributed by atoms with Crippen LogP contribution < -0.4 is 10.5 Å². The zero-order valence-corrected chi connectivity index (χ0v) is 11.3. The molecule has 0 amide bonds. The fourth-order valence-electron chi connectivity index (χ4n) is 1.22. The smallest absolute Gasteiger partial charge is 0.250 e. The maximum atomic E-state index is 11.8. The molecule has 0 saturated heterocycles. The van der Waals surface area contributed by atoms with E-state index in [-0.39, 0.29) is 0 Å². The summed E-state index contributed by atoms with van der Waals surface area (Å²) >= 11 is 1.26. The van der Waals surface area contributed by atoms with Crippen molar-refractivity contribution < 1.29 is 8.42 Å². The van der Waals surface area contributed by atoms with Crippen molar-refractivity contribution in [3.05, 3.63) is 17.0 Å². The van der Waals surface area contributed by atoms with Crippen molar-refractivity contribution in [3.63, 3.8) is 0 Å². The van der Waals surface area contributed by atoms with Crippen LogP contribution in [0.1, 0.15) is 18.2 Å². The summed E-state index contributed by atoms with van der Waals surface area (Å²) < 4.78 is 26.5. The van der Waals surface area contributed by atoms with Crippen LogP contribution in [0.3, 0.4) is 0 Å². The van der Waals surface area contributed by atoms with E-state index < -0.39 is 10.0 Å². The van der Waals surface area contributed by atoms with Gasteiger partial charge in [0.05, 0.1) is 0 Å². The topological polar surface area (TPSA) is 72.2 Å². The van der Waals surface area contributed by atoms with Crippen molar-refractivity contribution >= 4 is 21.4 Å². The van der Waals surface area contributed by atoms with E-state index in [9.17, 15) is 8.42 Å². The average molecular weight is 272 g/mol. The molecule has 0 aromatic carbocycles. The summed E-state index contributed by atoms with van der Waals surface area (Å²) in [6.45, 7) is 2.60. The lowest BCUT2D eigenvalue weighted by Crippen LogP contribution is -2.23. The molecule has 94 valence electrons. The Hall–Kier alpha value is -0.870. The molecule has 0 unspecified atom stereocenters. The number of nitrogens with one attached hydrogen (secondary N) is 1. The van der Waals surface area contributed by atoms with Gasteiger partial charge in [-0.15, -0.1) is 23.2 Å². The quantitative estimate of drug-likeness (QED) is 0.598. The lowest BCUT2D eigenvalue weighted by atomic mass is 10.3. The average Bonchev–Trinajstić information content (AvgIpc) is 2.74. The summed E-state index contributed by atoms with van der Waals surface area (Å²) in [4.78, 5) is 0.987. The molecule has 0 aliphatic rings. The highest BCUT2D eigenvalue weighted by molar-refractivity contribution is 7.91. The van der Waals surface area contributed by atoms with Gasteiger partial charge >= 0.3 is 0 Å². The highest BCUT2D eigenvalue weighted by Crippen LogP contribution is 2.21. The lowest BCUT2D eigenvalue weighted by Gasteiger charge is -2.01. The second-order valence-corrected chi connectivity index (χ2v) is 6.50. The first-order valence-electron chi connectivity index (χ1n) is 5.28. The van der Waals surface area contributed by atoms with Gasteiger partial charge in [-0.1, -0.05) is 0 Å². The Morgan fingerprint density at radius 1 is 1.47 bits per heavy atom. The number of thiophene rings is 1. The molecule has 0 bridgehead atoms. The summed E-state index contributed by atoms with van der Waals surface area (Å²) in [6.07, 6.45) is 1.23. The summed E-state index contributed by atoms with van der Waals surface area (Å²) in [5.74, 6) is 5.53. The lowest BCUT2D eigenvalue weighted by molar-refractivity contribution is 0.584. The monoisotopic (exact) mass is 272 g/mol. The Kier molecular flexibility index (Phi) is 5.65. The first-order valence-corrected chi connectivity index (χ1v) is 7.58. The molecule has 3 N–H and O–H groups in total. The van der Waals surface area contributed by atoms with Crippen LogP contribution in [0.2, 0.25) is 0 Å². The van der Waals surface area contributed by atoms with E-state index in [1.807, 2.05) is 0 Å². The first-order chi connectivity index (χ1) is 8.10. The third-order valence-electron chi connectivity index (χ3n) is 2.01. The SMILES string of the molecule is CC#CCCNS(=O)(=O)c1ccc(CCN)s1. The van der Waals surface area contributed by atoms with Gasteiger partial charge in [-0.25, -0.2) is 13.1 Å². The van der Waals surface area contributed by atoms with Gasteiger partial charge < -0.3 is 5.73 Å². The minimum Gasteiger partial charge on any atom is -0.330 e. The van der Waals surface area contributed by atoms with Crippen molar-refractivity contribution in [3.8, 4) is 11.8 Å². The summed E-state index contributed by atoms with van der Waals surface area (Å²) in [6, 6.07) is 3.42. The van der Waals surface area contributed by atoms with E-state index in [0.717, 1.165) is 4.88 Å². The van der Waals surface area contributed by atoms with Gasteiger partial charge in [0.15, 0.2) is 0 Å². The number of nitrogens with two attached hydrogens (primary N) is 1. The highest BCUT2D eigenvalue weighted by Gasteiger charge is 2.15. The Bertz CT molecular complexity index is 509. The van der Waals surface area contributed by atoms with E-state index in [2.05, 4.69) is 16.6 Å². The highest BCUT2D eigenvalue weighted by atomic mass is 32.2. The van der Waals surface area contributed by atoms with Gasteiger partial charge in [0.25, 0.3) is 0 Å². The van der Waals surface area contributed by atoms with Gasteiger partial charge in [0, 0.05) is 17.8 Å². The fourth-order valence-corrected chi connectivity index (χ4v) is 3.67. The van der Waals surface area contributed by atoms with Crippen LogP contribution in [0.4, 0.5) is 0 Å². The molecule has 0 radical (unpaired) electrons. The molecule has 0 aliphatic carbocycles. The van der Waals surface area contributed by atoms with Crippen molar-refractivity contribution in [1.82, 2.24) is 4.72 Å². The predicted octanol–water partition coefficient (Wildman–Crippen LogP) is 0.941. The minimum absolute atomic E-state index is 0.338. The first kappa shape index (κ1) is 14.2. The van der Waals surface area contributed by atoms with Crippen molar-refractivity contribution in [1.29, 1.82) is 0 Å². The van der Waals surface area contributed by atoms with E-state index in [0.29, 0.717) is 30.1 Å². The van der Waals surface area contributed by atoms with Crippen molar-refractivity contribution in [2.45, 2.75) is 24.0 Å². The minimum atomic E-state index is -3.38. The maximum Gasteiger partial charge on any atom is 0.250 e. The van der Waals surface area contributed by atoms with Gasteiger partial charge in [0.1, 0.15) is 4.21 Å². The molecular weight excluding hydrogens is 256 g/mol. The molecule has 1 heterocycles. The third kappa shape index (κ3) is 4.48. The molecule has 0 saturated carbocycles. The number of hydrogen-bond donors (Lipinski definition) is 2. The van der Waals surface area contributed by atoms with Crippen molar-refractivity contribution in [2.75, 3.05) is 13.1 Å². The van der Waals surface area contributed by atoms with Gasteiger partial charge in [-0.3, -0.25) is 0 Å². The second-order valence-electron chi connectivity index (χ2n) is 3.33. The molecule has 1 aromatic rings. The van der Waals surface area contributed by atoms with Crippen LogP contribution in [-0.2, 0) is 16.4 Å². The Morgan fingerprint density at radius 2 is 2.24 bits per heavy atom. The normalized spacial score (nSPS) is 10.9. The van der Waals surface area contributed by atoms with E-state index in [4.69, 9.17) is 5.73 Å². The van der Waals surface area contributed by atoms with Crippen LogP contribution in [0.15, 0.2) is 16.3 Å². The molecule has 6 heteroatoms. The second kappa shape index (κ2) is 6.77. The van der Waals surface area contributed by atoms with Crippen LogP contribution in [-0.4, -0.2) is 21.5 Å². The molecule has 0 aliphatic heterocycles. The Morgan fingerprint density at radius 3 is 2.88 bits per heavy atom. The number of rotatable bonds is 6.